The summed E-state index contributed by atoms with van der Waals surface area (Å²) in [6.07, 6.45) is 0. The molecule has 0 spiro atoms. The summed E-state index contributed by atoms with van der Waals surface area (Å²) in [6.45, 7) is 8.75. The van der Waals surface area contributed by atoms with Gasteiger partial charge in [-0.25, -0.2) is 4.98 Å². The van der Waals surface area contributed by atoms with E-state index in [0.717, 1.165) is 43.1 Å². The summed E-state index contributed by atoms with van der Waals surface area (Å²) < 4.78 is 6.51. The van der Waals surface area contributed by atoms with E-state index in [-0.39, 0.29) is 5.91 Å². The molecular weight excluding hydrogens is 370 g/mol. The largest absolute Gasteiger partial charge is 0.379 e. The van der Waals surface area contributed by atoms with Crippen molar-refractivity contribution in [3.8, 4) is 0 Å². The van der Waals surface area contributed by atoms with Gasteiger partial charge in [-0.3, -0.25) is 15.0 Å². The Morgan fingerprint density at radius 2 is 1.93 bits per heavy atom. The molecule has 0 unspecified atom stereocenters. The standard InChI is InChI=1S/C22H25N3O2S/c1-15(2)17-4-6-18(7-5-17)21(26)24-22-23-19-8-3-16(13-20(19)28-22)14-25-9-11-27-12-10-25/h3-8,13,15H,9-12,14H2,1-2H3,(H,23,24,26). The van der Waals surface area contributed by atoms with Crippen LogP contribution < -0.4 is 5.32 Å². The van der Waals surface area contributed by atoms with Crippen molar-refractivity contribution < 1.29 is 9.53 Å². The molecule has 28 heavy (non-hydrogen) atoms. The lowest BCUT2D eigenvalue weighted by Gasteiger charge is -2.26. The van der Waals surface area contributed by atoms with Crippen molar-refractivity contribution in [2.75, 3.05) is 31.6 Å². The number of benzene rings is 2. The summed E-state index contributed by atoms with van der Waals surface area (Å²) in [5, 5.41) is 3.57. The number of nitrogens with one attached hydrogen (secondary N) is 1. The number of hydrogen-bond acceptors (Lipinski definition) is 5. The quantitative estimate of drug-likeness (QED) is 0.691. The van der Waals surface area contributed by atoms with Gasteiger partial charge in [-0.2, -0.15) is 0 Å². The minimum atomic E-state index is -0.122. The van der Waals surface area contributed by atoms with Crippen LogP contribution in [0.25, 0.3) is 10.2 Å². The molecule has 1 aliphatic heterocycles. The summed E-state index contributed by atoms with van der Waals surface area (Å²) in [5.74, 6) is 0.330. The molecule has 0 bridgehead atoms. The third-order valence-corrected chi connectivity index (χ3v) is 5.96. The molecule has 2 heterocycles. The van der Waals surface area contributed by atoms with Crippen LogP contribution in [0.5, 0.6) is 0 Å². The first-order valence-electron chi connectivity index (χ1n) is 9.69. The lowest BCUT2D eigenvalue weighted by atomic mass is 10.0. The first-order valence-corrected chi connectivity index (χ1v) is 10.5. The number of fused-ring (bicyclic) bond motifs is 1. The molecule has 3 aromatic rings. The van der Waals surface area contributed by atoms with Gasteiger partial charge in [0.25, 0.3) is 5.91 Å². The lowest BCUT2D eigenvalue weighted by Crippen LogP contribution is -2.35. The number of anilines is 1. The van der Waals surface area contributed by atoms with Crippen molar-refractivity contribution in [3.05, 3.63) is 59.2 Å². The number of carbonyl (C=O) groups is 1. The van der Waals surface area contributed by atoms with Gasteiger partial charge in [0, 0.05) is 25.2 Å². The molecule has 1 aliphatic rings. The summed E-state index contributed by atoms with van der Waals surface area (Å²) in [6, 6.07) is 14.1. The maximum atomic E-state index is 12.5. The number of hydrogen-bond donors (Lipinski definition) is 1. The van der Waals surface area contributed by atoms with Gasteiger partial charge in [0.2, 0.25) is 0 Å². The maximum Gasteiger partial charge on any atom is 0.257 e. The number of rotatable bonds is 5. The predicted octanol–water partition coefficient (Wildman–Crippen LogP) is 4.50. The maximum absolute atomic E-state index is 12.5. The fourth-order valence-electron chi connectivity index (χ4n) is 3.33. The Labute approximate surface area is 169 Å². The van der Waals surface area contributed by atoms with Gasteiger partial charge >= 0.3 is 0 Å². The molecule has 0 saturated carbocycles. The SMILES string of the molecule is CC(C)c1ccc(C(=O)Nc2nc3ccc(CN4CCOCC4)cc3s2)cc1. The molecule has 6 heteroatoms. The number of amides is 1. The number of nitrogens with zero attached hydrogens (tertiary/aromatic N) is 2. The lowest BCUT2D eigenvalue weighted by molar-refractivity contribution is 0.0342. The highest BCUT2D eigenvalue weighted by Crippen LogP contribution is 2.28. The molecule has 4 rings (SSSR count). The van der Waals surface area contributed by atoms with Gasteiger partial charge in [0.1, 0.15) is 0 Å². The van der Waals surface area contributed by atoms with Crippen LogP contribution >= 0.6 is 11.3 Å². The van der Waals surface area contributed by atoms with Gasteiger partial charge in [-0.15, -0.1) is 0 Å². The summed E-state index contributed by atoms with van der Waals surface area (Å²) in [5.41, 5.74) is 4.06. The smallest absolute Gasteiger partial charge is 0.257 e. The minimum absolute atomic E-state index is 0.122. The fourth-order valence-corrected chi connectivity index (χ4v) is 4.25. The molecule has 1 fully saturated rings. The zero-order valence-corrected chi connectivity index (χ0v) is 17.1. The Morgan fingerprint density at radius 3 is 2.64 bits per heavy atom. The van der Waals surface area contributed by atoms with E-state index in [1.54, 1.807) is 0 Å². The third kappa shape index (κ3) is 4.41. The van der Waals surface area contributed by atoms with E-state index < -0.39 is 0 Å². The molecule has 1 N–H and O–H groups in total. The van der Waals surface area contributed by atoms with Gasteiger partial charge in [-0.1, -0.05) is 43.4 Å². The van der Waals surface area contributed by atoms with E-state index in [9.17, 15) is 4.79 Å². The van der Waals surface area contributed by atoms with Crippen LogP contribution in [0.15, 0.2) is 42.5 Å². The first-order chi connectivity index (χ1) is 13.6. The molecule has 0 atom stereocenters. The average Bonchev–Trinajstić information content (AvgIpc) is 3.10. The van der Waals surface area contributed by atoms with Crippen LogP contribution in [0.1, 0.15) is 41.3 Å². The molecule has 1 aromatic heterocycles. The highest BCUT2D eigenvalue weighted by molar-refractivity contribution is 7.22. The van der Waals surface area contributed by atoms with Gasteiger partial charge in [-0.05, 0) is 41.3 Å². The van der Waals surface area contributed by atoms with E-state index in [1.807, 2.05) is 30.3 Å². The zero-order chi connectivity index (χ0) is 19.5. The number of aromatic nitrogens is 1. The van der Waals surface area contributed by atoms with E-state index in [1.165, 1.54) is 22.5 Å². The van der Waals surface area contributed by atoms with Crippen LogP contribution in [-0.2, 0) is 11.3 Å². The van der Waals surface area contributed by atoms with Crippen molar-refractivity contribution in [1.82, 2.24) is 9.88 Å². The molecular formula is C22H25N3O2S. The summed E-state index contributed by atoms with van der Waals surface area (Å²) >= 11 is 1.52. The topological polar surface area (TPSA) is 54.5 Å². The van der Waals surface area contributed by atoms with Crippen molar-refractivity contribution >= 4 is 32.6 Å². The van der Waals surface area contributed by atoms with Gasteiger partial charge < -0.3 is 4.74 Å². The Kier molecular flexibility index (Phi) is 5.71. The highest BCUT2D eigenvalue weighted by Gasteiger charge is 2.13. The number of morpholine rings is 1. The summed E-state index contributed by atoms with van der Waals surface area (Å²) in [7, 11) is 0. The van der Waals surface area contributed by atoms with Crippen LogP contribution in [0, 0.1) is 0 Å². The number of carbonyl (C=O) groups excluding carboxylic acids is 1. The second-order valence-electron chi connectivity index (χ2n) is 7.44. The molecule has 146 valence electrons. The van der Waals surface area contributed by atoms with Crippen molar-refractivity contribution in [1.29, 1.82) is 0 Å². The van der Waals surface area contributed by atoms with Crippen molar-refractivity contribution in [2.24, 2.45) is 0 Å². The number of ether oxygens (including phenoxy) is 1. The van der Waals surface area contributed by atoms with Crippen LogP contribution in [0.2, 0.25) is 0 Å². The van der Waals surface area contributed by atoms with E-state index >= 15 is 0 Å². The molecule has 2 aromatic carbocycles. The van der Waals surface area contributed by atoms with E-state index in [0.29, 0.717) is 16.6 Å². The van der Waals surface area contributed by atoms with Crippen LogP contribution in [-0.4, -0.2) is 42.1 Å². The molecule has 0 aliphatic carbocycles. The monoisotopic (exact) mass is 395 g/mol. The molecule has 1 saturated heterocycles. The van der Waals surface area contributed by atoms with Crippen molar-refractivity contribution in [2.45, 2.75) is 26.3 Å². The van der Waals surface area contributed by atoms with E-state index in [4.69, 9.17) is 4.74 Å². The van der Waals surface area contributed by atoms with Crippen LogP contribution in [0.3, 0.4) is 0 Å². The Balaban J connectivity index is 1.45. The first kappa shape index (κ1) is 19.1. The number of thiazole rings is 1. The Bertz CT molecular complexity index is 960. The zero-order valence-electron chi connectivity index (χ0n) is 16.3. The fraction of sp³-hybridized carbons (Fsp3) is 0.364. The second-order valence-corrected chi connectivity index (χ2v) is 8.47. The predicted molar refractivity (Wildman–Crippen MR) is 114 cm³/mol. The Hall–Kier alpha value is -2.28. The van der Waals surface area contributed by atoms with Gasteiger partial charge in [0.15, 0.2) is 5.13 Å². The minimum Gasteiger partial charge on any atom is -0.379 e. The normalized spacial score (nSPS) is 15.2. The van der Waals surface area contributed by atoms with Crippen LogP contribution in [0.4, 0.5) is 5.13 Å². The molecule has 5 nitrogen and oxygen atoms in total. The third-order valence-electron chi connectivity index (χ3n) is 5.02. The van der Waals surface area contributed by atoms with Gasteiger partial charge in [0.05, 0.1) is 23.4 Å². The molecule has 0 radical (unpaired) electrons. The molecule has 1 amide bonds. The average molecular weight is 396 g/mol. The van der Waals surface area contributed by atoms with Crippen molar-refractivity contribution in [3.63, 3.8) is 0 Å². The Morgan fingerprint density at radius 1 is 1.18 bits per heavy atom. The summed E-state index contributed by atoms with van der Waals surface area (Å²) in [4.78, 5) is 19.5. The second kappa shape index (κ2) is 8.39. The highest BCUT2D eigenvalue weighted by atomic mass is 32.1. The van der Waals surface area contributed by atoms with E-state index in [2.05, 4.69) is 41.2 Å².